The first-order chi connectivity index (χ1) is 12.3. The molecule has 0 bridgehead atoms. The molecular formula is C19H24N2O5. The molecule has 2 amide bonds. The largest absolute Gasteiger partial charge is 0.497 e. The molecule has 0 saturated heterocycles. The summed E-state index contributed by atoms with van der Waals surface area (Å²) in [4.78, 5) is 35.7. The van der Waals surface area contributed by atoms with Gasteiger partial charge in [0.1, 0.15) is 11.3 Å². The summed E-state index contributed by atoms with van der Waals surface area (Å²) in [5.74, 6) is 0.194. The van der Waals surface area contributed by atoms with E-state index in [0.717, 1.165) is 10.9 Å². The first-order valence-corrected chi connectivity index (χ1v) is 8.49. The summed E-state index contributed by atoms with van der Waals surface area (Å²) in [5, 5.41) is 0.797. The van der Waals surface area contributed by atoms with Crippen molar-refractivity contribution in [2.45, 2.75) is 40.0 Å². The van der Waals surface area contributed by atoms with E-state index in [1.165, 1.54) is 0 Å². The predicted molar refractivity (Wildman–Crippen MR) is 97.8 cm³/mol. The fraction of sp³-hybridized carbons (Fsp3) is 0.421. The number of fused-ring (bicyclic) bond motifs is 1. The van der Waals surface area contributed by atoms with Crippen LogP contribution in [0.15, 0.2) is 27.4 Å². The number of aryl methyl sites for hydroxylation is 1. The van der Waals surface area contributed by atoms with Crippen molar-refractivity contribution in [3.8, 4) is 5.75 Å². The summed E-state index contributed by atoms with van der Waals surface area (Å²) in [6.07, 6.45) is 0.619. The van der Waals surface area contributed by atoms with Gasteiger partial charge in [0.15, 0.2) is 0 Å². The van der Waals surface area contributed by atoms with Gasteiger partial charge in [0.2, 0.25) is 11.8 Å². The van der Waals surface area contributed by atoms with E-state index in [1.807, 2.05) is 26.8 Å². The number of rotatable bonds is 6. The van der Waals surface area contributed by atoms with Crippen molar-refractivity contribution in [3.63, 3.8) is 0 Å². The molecule has 0 atom stereocenters. The monoisotopic (exact) mass is 360 g/mol. The van der Waals surface area contributed by atoms with E-state index < -0.39 is 5.63 Å². The molecule has 2 N–H and O–H groups in total. The van der Waals surface area contributed by atoms with E-state index >= 15 is 0 Å². The van der Waals surface area contributed by atoms with Crippen LogP contribution in [0, 0.1) is 12.8 Å². The van der Waals surface area contributed by atoms with Crippen LogP contribution in [0.5, 0.6) is 5.75 Å². The van der Waals surface area contributed by atoms with Crippen LogP contribution < -0.4 is 21.2 Å². The average Bonchev–Trinajstić information content (AvgIpc) is 2.58. The fourth-order valence-electron chi connectivity index (χ4n) is 2.65. The number of nitrogens with one attached hydrogen (secondary N) is 2. The first-order valence-electron chi connectivity index (χ1n) is 8.49. The molecule has 0 radical (unpaired) electrons. The summed E-state index contributed by atoms with van der Waals surface area (Å²) < 4.78 is 10.5. The molecule has 0 aliphatic heterocycles. The van der Waals surface area contributed by atoms with Gasteiger partial charge in [-0.25, -0.2) is 4.79 Å². The minimum absolute atomic E-state index is 0.0647. The van der Waals surface area contributed by atoms with Crippen molar-refractivity contribution >= 4 is 22.8 Å². The van der Waals surface area contributed by atoms with E-state index in [0.29, 0.717) is 23.3 Å². The minimum Gasteiger partial charge on any atom is -0.497 e. The normalized spacial score (nSPS) is 10.8. The number of carbonyl (C=O) groups excluding carboxylic acids is 2. The van der Waals surface area contributed by atoms with Gasteiger partial charge in [-0.05, 0) is 37.0 Å². The number of carbonyl (C=O) groups is 2. The number of methoxy groups -OCH3 is 1. The van der Waals surface area contributed by atoms with Crippen LogP contribution in [0.25, 0.3) is 11.0 Å². The van der Waals surface area contributed by atoms with Gasteiger partial charge in [-0.2, -0.15) is 0 Å². The number of amides is 2. The van der Waals surface area contributed by atoms with Gasteiger partial charge in [0.25, 0.3) is 0 Å². The molecule has 0 saturated carbocycles. The highest BCUT2D eigenvalue weighted by Crippen LogP contribution is 2.24. The Labute approximate surface area is 151 Å². The molecule has 7 nitrogen and oxygen atoms in total. The van der Waals surface area contributed by atoms with Crippen molar-refractivity contribution in [2.24, 2.45) is 5.92 Å². The molecule has 1 heterocycles. The number of ether oxygens (including phenoxy) is 1. The third-order valence-corrected chi connectivity index (χ3v) is 4.03. The van der Waals surface area contributed by atoms with Gasteiger partial charge < -0.3 is 9.15 Å². The quantitative estimate of drug-likeness (QED) is 0.608. The third kappa shape index (κ3) is 4.84. The summed E-state index contributed by atoms with van der Waals surface area (Å²) in [5.41, 5.74) is 5.93. The highest BCUT2D eigenvalue weighted by molar-refractivity contribution is 5.83. The van der Waals surface area contributed by atoms with Gasteiger partial charge in [0.05, 0.1) is 7.11 Å². The molecule has 2 rings (SSSR count). The predicted octanol–water partition coefficient (Wildman–Crippen LogP) is 2.24. The SMILES string of the molecule is COc1ccc2c(C)c(CCC(=O)NNC(=O)CC(C)C)c(=O)oc2c1. The lowest BCUT2D eigenvalue weighted by atomic mass is 10.0. The molecule has 0 fully saturated rings. The van der Waals surface area contributed by atoms with Crippen molar-refractivity contribution in [1.29, 1.82) is 0 Å². The Kier molecular flexibility index (Phi) is 6.38. The van der Waals surface area contributed by atoms with E-state index in [4.69, 9.17) is 9.15 Å². The first kappa shape index (κ1) is 19.5. The van der Waals surface area contributed by atoms with E-state index in [1.54, 1.807) is 19.2 Å². The third-order valence-electron chi connectivity index (χ3n) is 4.03. The molecule has 1 aromatic carbocycles. The smallest absolute Gasteiger partial charge is 0.339 e. The second kappa shape index (κ2) is 8.51. The maximum Gasteiger partial charge on any atom is 0.339 e. The Morgan fingerprint density at radius 3 is 2.54 bits per heavy atom. The molecule has 1 aromatic heterocycles. The lowest BCUT2D eigenvalue weighted by molar-refractivity contribution is -0.129. The molecule has 0 unspecified atom stereocenters. The highest BCUT2D eigenvalue weighted by Gasteiger charge is 2.14. The molecule has 7 heteroatoms. The summed E-state index contributed by atoms with van der Waals surface area (Å²) in [6.45, 7) is 5.65. The summed E-state index contributed by atoms with van der Waals surface area (Å²) in [6, 6.07) is 5.27. The number of hydrogen-bond donors (Lipinski definition) is 2. The lowest BCUT2D eigenvalue weighted by Gasteiger charge is -2.10. The zero-order chi connectivity index (χ0) is 19.3. The van der Waals surface area contributed by atoms with Crippen LogP contribution in [0.4, 0.5) is 0 Å². The van der Waals surface area contributed by atoms with Crippen LogP contribution >= 0.6 is 0 Å². The van der Waals surface area contributed by atoms with Crippen LogP contribution in [-0.2, 0) is 16.0 Å². The number of benzene rings is 1. The second-order valence-electron chi connectivity index (χ2n) is 6.55. The molecule has 0 spiro atoms. The number of hydrogen-bond acceptors (Lipinski definition) is 5. The van der Waals surface area contributed by atoms with E-state index in [9.17, 15) is 14.4 Å². The second-order valence-corrected chi connectivity index (χ2v) is 6.55. The van der Waals surface area contributed by atoms with E-state index in [2.05, 4.69) is 10.9 Å². The molecule has 0 aliphatic rings. The van der Waals surface area contributed by atoms with Crippen molar-refractivity contribution in [1.82, 2.24) is 10.9 Å². The summed E-state index contributed by atoms with van der Waals surface area (Å²) in [7, 11) is 1.54. The molecule has 2 aromatic rings. The summed E-state index contributed by atoms with van der Waals surface area (Å²) >= 11 is 0. The maximum absolute atomic E-state index is 12.2. The lowest BCUT2D eigenvalue weighted by Crippen LogP contribution is -2.42. The standard InChI is InChI=1S/C19H24N2O5/c1-11(2)9-18(23)21-20-17(22)8-7-15-12(3)14-6-5-13(25-4)10-16(14)26-19(15)24/h5-6,10-11H,7-9H2,1-4H3,(H,20,22)(H,21,23). The Hall–Kier alpha value is -2.83. The van der Waals surface area contributed by atoms with Gasteiger partial charge >= 0.3 is 5.63 Å². The molecule has 0 aliphatic carbocycles. The van der Waals surface area contributed by atoms with Crippen LogP contribution in [0.3, 0.4) is 0 Å². The Morgan fingerprint density at radius 1 is 1.19 bits per heavy atom. The van der Waals surface area contributed by atoms with Gasteiger partial charge in [-0.1, -0.05) is 13.8 Å². The topological polar surface area (TPSA) is 97.6 Å². The van der Waals surface area contributed by atoms with Gasteiger partial charge in [0, 0.05) is 29.9 Å². The van der Waals surface area contributed by atoms with Gasteiger partial charge in [-0.15, -0.1) is 0 Å². The average molecular weight is 360 g/mol. The minimum atomic E-state index is -0.472. The van der Waals surface area contributed by atoms with Crippen molar-refractivity contribution in [2.75, 3.05) is 7.11 Å². The van der Waals surface area contributed by atoms with Crippen LogP contribution in [0.2, 0.25) is 0 Å². The fourth-order valence-corrected chi connectivity index (χ4v) is 2.65. The van der Waals surface area contributed by atoms with Gasteiger partial charge in [-0.3, -0.25) is 20.4 Å². The molecular weight excluding hydrogens is 336 g/mol. The van der Waals surface area contributed by atoms with Crippen molar-refractivity contribution < 1.29 is 18.7 Å². The zero-order valence-corrected chi connectivity index (χ0v) is 15.5. The maximum atomic E-state index is 12.2. The van der Waals surface area contributed by atoms with Crippen LogP contribution in [-0.4, -0.2) is 18.9 Å². The molecule has 140 valence electrons. The number of hydrazine groups is 1. The Bertz CT molecular complexity index is 870. The molecule has 26 heavy (non-hydrogen) atoms. The van der Waals surface area contributed by atoms with Crippen LogP contribution in [0.1, 0.15) is 37.8 Å². The highest BCUT2D eigenvalue weighted by atomic mass is 16.5. The van der Waals surface area contributed by atoms with E-state index in [-0.39, 0.29) is 30.6 Å². The zero-order valence-electron chi connectivity index (χ0n) is 15.5. The Morgan fingerprint density at radius 2 is 1.88 bits per heavy atom. The Balaban J connectivity index is 2.05. The van der Waals surface area contributed by atoms with Crippen molar-refractivity contribution in [3.05, 3.63) is 39.7 Å².